The number of pyridine rings is 1. The minimum Gasteiger partial charge on any atom is -0.506 e. The van der Waals surface area contributed by atoms with Crippen LogP contribution in [0.1, 0.15) is 35.0 Å². The van der Waals surface area contributed by atoms with E-state index in [0.29, 0.717) is 17.8 Å². The van der Waals surface area contributed by atoms with Gasteiger partial charge >= 0.3 is 5.97 Å². The number of carbonyl (C=O) groups is 1. The van der Waals surface area contributed by atoms with Crippen molar-refractivity contribution in [1.29, 1.82) is 0 Å². The molecular weight excluding hydrogens is 378 g/mol. The molecule has 6 nitrogen and oxygen atoms in total. The Morgan fingerprint density at radius 2 is 2.29 bits per heavy atom. The van der Waals surface area contributed by atoms with Crippen LogP contribution in [-0.2, 0) is 29.2 Å². The maximum Gasteiger partial charge on any atom is 0.347 e. The third-order valence-corrected chi connectivity index (χ3v) is 4.77. The second-order valence-electron chi connectivity index (χ2n) is 5.72. The quantitative estimate of drug-likeness (QED) is 0.792. The number of aromatic nitrogens is 1. The molecule has 0 radical (unpaired) electrons. The molecule has 1 aromatic rings. The highest BCUT2D eigenvalue weighted by Crippen LogP contribution is 2.31. The Morgan fingerprint density at radius 1 is 1.50 bits per heavy atom. The molecule has 0 spiro atoms. The number of halogens is 1. The molecule has 1 aliphatic carbocycles. The maximum absolute atomic E-state index is 12.8. The predicted octanol–water partition coefficient (Wildman–Crippen LogP) is 2.62. The molecule has 1 N–H and O–H groups in total. The highest BCUT2D eigenvalue weighted by Gasteiger charge is 2.30. The minimum absolute atomic E-state index is 0.133. The fraction of sp³-hybridized carbons (Fsp3) is 0.412. The number of aromatic hydroxyl groups is 1. The number of hydrogen-bond acceptors (Lipinski definition) is 5. The number of ether oxygens (including phenoxy) is 2. The molecule has 0 aromatic carbocycles. The average Bonchev–Trinajstić information content (AvgIpc) is 3.03. The number of hydrogen-bond donors (Lipinski definition) is 1. The van der Waals surface area contributed by atoms with Gasteiger partial charge in [0, 0.05) is 16.6 Å². The molecule has 128 valence electrons. The summed E-state index contributed by atoms with van der Waals surface area (Å²) in [5.41, 5.74) is 0.288. The Balaban J connectivity index is 2.04. The first-order chi connectivity index (χ1) is 11.5. The summed E-state index contributed by atoms with van der Waals surface area (Å²) in [6.07, 6.45) is 6.80. The van der Waals surface area contributed by atoms with Gasteiger partial charge in [0.05, 0.1) is 25.5 Å². The third-order valence-electron chi connectivity index (χ3n) is 4.18. The fourth-order valence-electron chi connectivity index (χ4n) is 2.96. The monoisotopic (exact) mass is 395 g/mol. The summed E-state index contributed by atoms with van der Waals surface area (Å²) in [7, 11) is 0. The van der Waals surface area contributed by atoms with Crippen LogP contribution in [0.25, 0.3) is 0 Å². The van der Waals surface area contributed by atoms with Crippen molar-refractivity contribution < 1.29 is 19.4 Å². The molecule has 0 fully saturated rings. The van der Waals surface area contributed by atoms with E-state index in [1.54, 1.807) is 6.92 Å². The number of carbonyl (C=O) groups excluding carboxylic acids is 1. The van der Waals surface area contributed by atoms with Gasteiger partial charge in [0.25, 0.3) is 5.56 Å². The van der Waals surface area contributed by atoms with Crippen molar-refractivity contribution in [3.8, 4) is 5.75 Å². The van der Waals surface area contributed by atoms with Crippen molar-refractivity contribution in [2.45, 2.75) is 33.1 Å². The van der Waals surface area contributed by atoms with Crippen LogP contribution in [0.3, 0.4) is 0 Å². The lowest BCUT2D eigenvalue weighted by atomic mass is 10.00. The standard InChI is InChI=1S/C17H18BrNO5/c1-2-24-17(22)14-15(20)12-8-23-9-13(12)19(16(14)21)7-10-3-5-11(18)6-4-10/h3,5-6,10,20H,2,4,7-9H2,1H3. The molecule has 0 bridgehead atoms. The van der Waals surface area contributed by atoms with Crippen LogP contribution < -0.4 is 5.56 Å². The van der Waals surface area contributed by atoms with E-state index >= 15 is 0 Å². The predicted molar refractivity (Wildman–Crippen MR) is 91.1 cm³/mol. The smallest absolute Gasteiger partial charge is 0.347 e. The van der Waals surface area contributed by atoms with Gasteiger partial charge in [0.2, 0.25) is 0 Å². The molecule has 2 aliphatic rings. The van der Waals surface area contributed by atoms with Gasteiger partial charge in [-0.05, 0) is 19.3 Å². The summed E-state index contributed by atoms with van der Waals surface area (Å²) in [5, 5.41) is 10.3. The van der Waals surface area contributed by atoms with E-state index in [4.69, 9.17) is 9.47 Å². The first kappa shape index (κ1) is 17.0. The van der Waals surface area contributed by atoms with E-state index in [1.807, 2.05) is 18.2 Å². The maximum atomic E-state index is 12.8. The van der Waals surface area contributed by atoms with E-state index in [1.165, 1.54) is 4.57 Å². The highest BCUT2D eigenvalue weighted by molar-refractivity contribution is 9.11. The second kappa shape index (κ2) is 6.94. The van der Waals surface area contributed by atoms with Gasteiger partial charge in [0.1, 0.15) is 5.75 Å². The van der Waals surface area contributed by atoms with Gasteiger partial charge in [-0.25, -0.2) is 4.79 Å². The topological polar surface area (TPSA) is 77.8 Å². The van der Waals surface area contributed by atoms with Crippen molar-refractivity contribution in [3.05, 3.63) is 49.9 Å². The van der Waals surface area contributed by atoms with Crippen molar-refractivity contribution in [3.63, 3.8) is 0 Å². The Bertz CT molecular complexity index is 793. The zero-order valence-corrected chi connectivity index (χ0v) is 14.8. The summed E-state index contributed by atoms with van der Waals surface area (Å²) < 4.78 is 12.9. The van der Waals surface area contributed by atoms with Crippen LogP contribution in [0, 0.1) is 5.92 Å². The second-order valence-corrected chi connectivity index (χ2v) is 6.64. The SMILES string of the molecule is CCOC(=O)c1c(O)c2c(n(CC3C=CC(Br)=CC3)c1=O)COC2. The molecule has 1 unspecified atom stereocenters. The summed E-state index contributed by atoms with van der Waals surface area (Å²) in [5.74, 6) is -0.984. The minimum atomic E-state index is -0.801. The zero-order chi connectivity index (χ0) is 17.3. The van der Waals surface area contributed by atoms with E-state index < -0.39 is 11.5 Å². The number of fused-ring (bicyclic) bond motifs is 1. The molecule has 3 rings (SSSR count). The van der Waals surface area contributed by atoms with Crippen LogP contribution >= 0.6 is 15.9 Å². The fourth-order valence-corrected chi connectivity index (χ4v) is 3.30. The van der Waals surface area contributed by atoms with Crippen molar-refractivity contribution in [1.82, 2.24) is 4.57 Å². The molecule has 1 aliphatic heterocycles. The first-order valence-corrected chi connectivity index (χ1v) is 8.58. The highest BCUT2D eigenvalue weighted by atomic mass is 79.9. The van der Waals surface area contributed by atoms with Crippen LogP contribution in [0.2, 0.25) is 0 Å². The Labute approximate surface area is 147 Å². The molecule has 0 saturated heterocycles. The van der Waals surface area contributed by atoms with Crippen LogP contribution in [0.15, 0.2) is 27.5 Å². The molecule has 1 aromatic heterocycles. The molecule has 0 saturated carbocycles. The van der Waals surface area contributed by atoms with Gasteiger partial charge in [-0.1, -0.05) is 34.2 Å². The lowest BCUT2D eigenvalue weighted by Gasteiger charge is -2.20. The number of nitrogens with zero attached hydrogens (tertiary/aromatic N) is 1. The Morgan fingerprint density at radius 3 is 2.96 bits per heavy atom. The van der Waals surface area contributed by atoms with Crippen LogP contribution in [0.4, 0.5) is 0 Å². The van der Waals surface area contributed by atoms with Crippen LogP contribution in [-0.4, -0.2) is 22.2 Å². The summed E-state index contributed by atoms with van der Waals surface area (Å²) in [6.45, 7) is 2.64. The van der Waals surface area contributed by atoms with Crippen molar-refractivity contribution in [2.24, 2.45) is 5.92 Å². The van der Waals surface area contributed by atoms with Crippen LogP contribution in [0.5, 0.6) is 5.75 Å². The van der Waals surface area contributed by atoms with Gasteiger partial charge in [-0.3, -0.25) is 4.79 Å². The molecule has 24 heavy (non-hydrogen) atoms. The summed E-state index contributed by atoms with van der Waals surface area (Å²) in [6, 6.07) is 0. The Kier molecular flexibility index (Phi) is 4.91. The molecule has 1 atom stereocenters. The van der Waals surface area contributed by atoms with Gasteiger partial charge in [-0.15, -0.1) is 0 Å². The van der Waals surface area contributed by atoms with Crippen molar-refractivity contribution in [2.75, 3.05) is 6.61 Å². The molecule has 0 amide bonds. The average molecular weight is 396 g/mol. The van der Waals surface area contributed by atoms with E-state index in [9.17, 15) is 14.7 Å². The van der Waals surface area contributed by atoms with E-state index in [0.717, 1.165) is 10.9 Å². The number of rotatable bonds is 4. The summed E-state index contributed by atoms with van der Waals surface area (Å²) >= 11 is 3.41. The largest absolute Gasteiger partial charge is 0.506 e. The lowest BCUT2D eigenvalue weighted by Crippen LogP contribution is -2.32. The van der Waals surface area contributed by atoms with Gasteiger partial charge in [-0.2, -0.15) is 0 Å². The zero-order valence-electron chi connectivity index (χ0n) is 13.3. The molecule has 2 heterocycles. The Hall–Kier alpha value is -1.86. The van der Waals surface area contributed by atoms with Crippen molar-refractivity contribution >= 4 is 21.9 Å². The normalized spacial score (nSPS) is 19.1. The number of allylic oxidation sites excluding steroid dienone is 4. The van der Waals surface area contributed by atoms with E-state index in [2.05, 4.69) is 15.9 Å². The van der Waals surface area contributed by atoms with Gasteiger partial charge in [0.15, 0.2) is 5.56 Å². The number of esters is 1. The van der Waals surface area contributed by atoms with Gasteiger partial charge < -0.3 is 19.1 Å². The lowest BCUT2D eigenvalue weighted by molar-refractivity contribution is 0.0519. The molecular formula is C17H18BrNO5. The van der Waals surface area contributed by atoms with E-state index in [-0.39, 0.29) is 37.1 Å². The summed E-state index contributed by atoms with van der Waals surface area (Å²) in [4.78, 5) is 24.9. The molecule has 7 heteroatoms. The first-order valence-electron chi connectivity index (χ1n) is 7.79. The third kappa shape index (κ3) is 3.06.